The normalized spacial score (nSPS) is 14.4. The fourth-order valence-electron chi connectivity index (χ4n) is 1.44. The number of benzene rings is 1. The Morgan fingerprint density at radius 2 is 1.72 bits per heavy atom. The maximum atomic E-state index is 12.9. The molecule has 0 heterocycles. The van der Waals surface area contributed by atoms with E-state index in [9.17, 15) is 22.0 Å². The van der Waals surface area contributed by atoms with Crippen molar-refractivity contribution in [3.05, 3.63) is 29.3 Å². The summed E-state index contributed by atoms with van der Waals surface area (Å²) in [6, 6.07) is 3.22. The Labute approximate surface area is 100.0 Å². The predicted octanol–water partition coefficient (Wildman–Crippen LogP) is 3.23. The molecule has 0 radical (unpaired) electrons. The highest BCUT2D eigenvalue weighted by atomic mass is 19.4. The molecule has 0 spiro atoms. The Bertz CT molecular complexity index is 428. The highest BCUT2D eigenvalue weighted by Gasteiger charge is 2.62. The molecule has 0 aliphatic carbocycles. The third-order valence-corrected chi connectivity index (χ3v) is 2.46. The van der Waals surface area contributed by atoms with Crippen LogP contribution in [-0.4, -0.2) is 24.3 Å². The Kier molecular flexibility index (Phi) is 3.85. The van der Waals surface area contributed by atoms with Gasteiger partial charge in [0.15, 0.2) is 6.10 Å². The van der Waals surface area contributed by atoms with E-state index in [1.165, 1.54) is 20.1 Å². The molecule has 0 amide bonds. The number of aliphatic hydroxyl groups excluding tert-OH is 1. The van der Waals surface area contributed by atoms with Gasteiger partial charge in [0.25, 0.3) is 0 Å². The van der Waals surface area contributed by atoms with E-state index in [0.717, 1.165) is 12.1 Å². The molecule has 1 atom stereocenters. The van der Waals surface area contributed by atoms with Crippen molar-refractivity contribution in [3.8, 4) is 5.75 Å². The molecule has 1 aromatic carbocycles. The molecule has 7 heteroatoms. The minimum Gasteiger partial charge on any atom is -0.496 e. The van der Waals surface area contributed by atoms with Crippen molar-refractivity contribution in [1.29, 1.82) is 0 Å². The predicted molar refractivity (Wildman–Crippen MR) is 53.7 cm³/mol. The first-order valence-electron chi connectivity index (χ1n) is 4.88. The number of ether oxygens (including phenoxy) is 1. The van der Waals surface area contributed by atoms with E-state index in [-0.39, 0.29) is 0 Å². The van der Waals surface area contributed by atoms with Crippen LogP contribution in [0, 0.1) is 6.92 Å². The van der Waals surface area contributed by atoms with Gasteiger partial charge in [-0.15, -0.1) is 0 Å². The van der Waals surface area contributed by atoms with Crippen molar-refractivity contribution in [2.24, 2.45) is 0 Å². The quantitative estimate of drug-likeness (QED) is 0.854. The number of methoxy groups -OCH3 is 1. The van der Waals surface area contributed by atoms with Gasteiger partial charge in [0.1, 0.15) is 5.75 Å². The van der Waals surface area contributed by atoms with Gasteiger partial charge in [-0.05, 0) is 30.2 Å². The third kappa shape index (κ3) is 2.55. The minimum absolute atomic E-state index is 0.335. The van der Waals surface area contributed by atoms with Crippen molar-refractivity contribution in [2.75, 3.05) is 7.11 Å². The average Bonchev–Trinajstić information content (AvgIpc) is 2.26. The van der Waals surface area contributed by atoms with Gasteiger partial charge >= 0.3 is 12.1 Å². The Hall–Kier alpha value is -1.37. The van der Waals surface area contributed by atoms with Crippen LogP contribution in [0.15, 0.2) is 18.2 Å². The first-order chi connectivity index (χ1) is 8.11. The summed E-state index contributed by atoms with van der Waals surface area (Å²) < 4.78 is 66.9. The lowest BCUT2D eigenvalue weighted by atomic mass is 10.0. The van der Waals surface area contributed by atoms with E-state index in [4.69, 9.17) is 9.84 Å². The molecule has 1 N–H and O–H groups in total. The van der Waals surface area contributed by atoms with Crippen LogP contribution in [0.1, 0.15) is 17.2 Å². The standard InChI is InChI=1S/C11H11F5O2/c1-6-5-7(3-4-8(6)18-2)9(17)10(12,13)11(14,15)16/h3-5,9,17H,1-2H3. The van der Waals surface area contributed by atoms with Crippen LogP contribution >= 0.6 is 0 Å². The van der Waals surface area contributed by atoms with E-state index in [2.05, 4.69) is 0 Å². The zero-order chi connectivity index (χ0) is 14.1. The summed E-state index contributed by atoms with van der Waals surface area (Å²) in [4.78, 5) is 0. The fraction of sp³-hybridized carbons (Fsp3) is 0.455. The second kappa shape index (κ2) is 4.72. The van der Waals surface area contributed by atoms with Gasteiger partial charge in [-0.25, -0.2) is 0 Å². The van der Waals surface area contributed by atoms with Crippen molar-refractivity contribution in [3.63, 3.8) is 0 Å². The topological polar surface area (TPSA) is 29.5 Å². The highest BCUT2D eigenvalue weighted by Crippen LogP contribution is 2.44. The van der Waals surface area contributed by atoms with Gasteiger partial charge in [-0.2, -0.15) is 22.0 Å². The van der Waals surface area contributed by atoms with Gasteiger partial charge in [-0.3, -0.25) is 0 Å². The number of rotatable bonds is 3. The molecular formula is C11H11F5O2. The monoisotopic (exact) mass is 270 g/mol. The van der Waals surface area contributed by atoms with E-state index < -0.39 is 23.8 Å². The van der Waals surface area contributed by atoms with Gasteiger partial charge < -0.3 is 9.84 Å². The summed E-state index contributed by atoms with van der Waals surface area (Å²) in [7, 11) is 1.34. The molecule has 0 aromatic heterocycles. The lowest BCUT2D eigenvalue weighted by molar-refractivity contribution is -0.315. The molecule has 0 fully saturated rings. The zero-order valence-electron chi connectivity index (χ0n) is 9.55. The largest absolute Gasteiger partial charge is 0.496 e. The highest BCUT2D eigenvalue weighted by molar-refractivity contribution is 5.37. The van der Waals surface area contributed by atoms with Crippen LogP contribution in [-0.2, 0) is 0 Å². The number of aryl methyl sites for hydroxylation is 1. The van der Waals surface area contributed by atoms with E-state index in [1.54, 1.807) is 0 Å². The Balaban J connectivity index is 3.12. The lowest BCUT2D eigenvalue weighted by Crippen LogP contribution is -2.42. The van der Waals surface area contributed by atoms with Crippen molar-refractivity contribution < 1.29 is 31.8 Å². The third-order valence-electron chi connectivity index (χ3n) is 2.46. The zero-order valence-corrected chi connectivity index (χ0v) is 9.55. The maximum absolute atomic E-state index is 12.9. The summed E-state index contributed by atoms with van der Waals surface area (Å²) in [5.41, 5.74) is -0.164. The molecule has 0 aliphatic rings. The molecule has 1 rings (SSSR count). The lowest BCUT2D eigenvalue weighted by Gasteiger charge is -2.25. The van der Waals surface area contributed by atoms with Crippen molar-refractivity contribution in [2.45, 2.75) is 25.1 Å². The van der Waals surface area contributed by atoms with Gasteiger partial charge in [0.05, 0.1) is 7.11 Å². The maximum Gasteiger partial charge on any atom is 0.456 e. The fourth-order valence-corrected chi connectivity index (χ4v) is 1.44. The molecule has 0 saturated heterocycles. The van der Waals surface area contributed by atoms with Crippen molar-refractivity contribution >= 4 is 0 Å². The van der Waals surface area contributed by atoms with Crippen LogP contribution in [0.25, 0.3) is 0 Å². The number of hydrogen-bond donors (Lipinski definition) is 1. The second-order valence-corrected chi connectivity index (χ2v) is 3.75. The molecule has 0 bridgehead atoms. The van der Waals surface area contributed by atoms with E-state index in [0.29, 0.717) is 11.3 Å². The summed E-state index contributed by atoms with van der Waals surface area (Å²) >= 11 is 0. The van der Waals surface area contributed by atoms with E-state index in [1.807, 2.05) is 0 Å². The first-order valence-corrected chi connectivity index (χ1v) is 4.88. The summed E-state index contributed by atoms with van der Waals surface area (Å²) in [6.45, 7) is 1.47. The van der Waals surface area contributed by atoms with Gasteiger partial charge in [0, 0.05) is 0 Å². The smallest absolute Gasteiger partial charge is 0.456 e. The van der Waals surface area contributed by atoms with Crippen LogP contribution in [0.3, 0.4) is 0 Å². The Morgan fingerprint density at radius 3 is 2.11 bits per heavy atom. The minimum atomic E-state index is -5.81. The molecule has 2 nitrogen and oxygen atoms in total. The number of hydrogen-bond acceptors (Lipinski definition) is 2. The average molecular weight is 270 g/mol. The molecule has 102 valence electrons. The molecule has 0 saturated carbocycles. The Morgan fingerprint density at radius 1 is 1.17 bits per heavy atom. The van der Waals surface area contributed by atoms with Crippen LogP contribution < -0.4 is 4.74 Å². The number of halogens is 5. The number of aliphatic hydroxyl groups is 1. The molecule has 1 unspecified atom stereocenters. The summed E-state index contributed by atoms with van der Waals surface area (Å²) in [5.74, 6) is -4.87. The summed E-state index contributed by atoms with van der Waals surface area (Å²) in [5, 5.41) is 9.16. The van der Waals surface area contributed by atoms with Crippen LogP contribution in [0.4, 0.5) is 22.0 Å². The van der Waals surface area contributed by atoms with E-state index >= 15 is 0 Å². The van der Waals surface area contributed by atoms with Gasteiger partial charge in [-0.1, -0.05) is 6.07 Å². The molecular weight excluding hydrogens is 259 g/mol. The van der Waals surface area contributed by atoms with Crippen LogP contribution in [0.5, 0.6) is 5.75 Å². The SMILES string of the molecule is COc1ccc(C(O)C(F)(F)C(F)(F)F)cc1C. The molecule has 1 aromatic rings. The first kappa shape index (κ1) is 14.7. The number of alkyl halides is 5. The molecule has 0 aliphatic heterocycles. The summed E-state index contributed by atoms with van der Waals surface area (Å²) in [6.07, 6.45) is -8.75. The van der Waals surface area contributed by atoms with Gasteiger partial charge in [0.2, 0.25) is 0 Å². The van der Waals surface area contributed by atoms with Crippen LogP contribution in [0.2, 0.25) is 0 Å². The molecule has 18 heavy (non-hydrogen) atoms. The van der Waals surface area contributed by atoms with Crippen molar-refractivity contribution in [1.82, 2.24) is 0 Å². The second-order valence-electron chi connectivity index (χ2n) is 3.75.